The molecular weight excluding hydrogens is 348 g/mol. The van der Waals surface area contributed by atoms with Crippen LogP contribution in [0.4, 0.5) is 10.5 Å². The van der Waals surface area contributed by atoms with Crippen molar-refractivity contribution in [1.29, 1.82) is 0 Å². The molecule has 2 aromatic carbocycles. The fraction of sp³-hybridized carbons (Fsp3) is 0.300. The molecule has 1 aliphatic heterocycles. The Morgan fingerprint density at radius 3 is 2.26 bits per heavy atom. The minimum Gasteiger partial charge on any atom is -0.497 e. The summed E-state index contributed by atoms with van der Waals surface area (Å²) in [7, 11) is 3.18. The summed E-state index contributed by atoms with van der Waals surface area (Å²) in [5.74, 6) is 1.34. The first-order chi connectivity index (χ1) is 13.1. The second-order valence-corrected chi connectivity index (χ2v) is 6.14. The number of hydrogen-bond donors (Lipinski definition) is 1. The van der Waals surface area contributed by atoms with Crippen LogP contribution in [-0.4, -0.2) is 45.4 Å². The number of cyclic esters (lactones) is 1. The number of nitrogens with one attached hydrogen (secondary N) is 1. The van der Waals surface area contributed by atoms with Crippen LogP contribution in [0.1, 0.15) is 5.56 Å². The maximum absolute atomic E-state index is 12.1. The van der Waals surface area contributed by atoms with E-state index in [-0.39, 0.29) is 25.0 Å². The fourth-order valence-electron chi connectivity index (χ4n) is 2.82. The van der Waals surface area contributed by atoms with Crippen molar-refractivity contribution in [3.8, 4) is 11.5 Å². The predicted molar refractivity (Wildman–Crippen MR) is 100 cm³/mol. The third-order valence-electron chi connectivity index (χ3n) is 4.31. The number of benzene rings is 2. The van der Waals surface area contributed by atoms with Gasteiger partial charge in [0.25, 0.3) is 0 Å². The number of rotatable bonds is 7. The average molecular weight is 370 g/mol. The lowest BCUT2D eigenvalue weighted by Gasteiger charge is -2.13. The SMILES string of the molecule is COc1ccc(CC(=O)NCC2CN(c3ccc(OC)cc3)C(=O)O2)cc1. The maximum atomic E-state index is 12.1. The molecule has 7 nitrogen and oxygen atoms in total. The summed E-state index contributed by atoms with van der Waals surface area (Å²) in [6, 6.07) is 14.5. The number of ether oxygens (including phenoxy) is 3. The topological polar surface area (TPSA) is 77.1 Å². The quantitative estimate of drug-likeness (QED) is 0.810. The zero-order valence-corrected chi connectivity index (χ0v) is 15.3. The first-order valence-corrected chi connectivity index (χ1v) is 8.61. The van der Waals surface area contributed by atoms with Crippen molar-refractivity contribution < 1.29 is 23.8 Å². The summed E-state index contributed by atoms with van der Waals surface area (Å²) in [4.78, 5) is 25.7. The molecule has 0 spiro atoms. The van der Waals surface area contributed by atoms with Crippen LogP contribution in [0.15, 0.2) is 48.5 Å². The predicted octanol–water partition coefficient (Wildman–Crippen LogP) is 2.39. The number of carbonyl (C=O) groups excluding carboxylic acids is 2. The van der Waals surface area contributed by atoms with Crippen molar-refractivity contribution in [2.75, 3.05) is 32.2 Å². The van der Waals surface area contributed by atoms with E-state index in [9.17, 15) is 9.59 Å². The Bertz CT molecular complexity index is 789. The molecule has 2 amide bonds. The number of methoxy groups -OCH3 is 2. The molecule has 0 radical (unpaired) electrons. The van der Waals surface area contributed by atoms with E-state index in [0.717, 1.165) is 17.0 Å². The van der Waals surface area contributed by atoms with E-state index in [1.54, 1.807) is 43.4 Å². The Morgan fingerprint density at radius 1 is 1.07 bits per heavy atom. The minimum absolute atomic E-state index is 0.126. The van der Waals surface area contributed by atoms with E-state index < -0.39 is 6.09 Å². The van der Waals surface area contributed by atoms with E-state index in [2.05, 4.69) is 5.32 Å². The molecule has 1 fully saturated rings. The number of carbonyl (C=O) groups is 2. The number of anilines is 1. The van der Waals surface area contributed by atoms with Gasteiger partial charge in [0.2, 0.25) is 5.91 Å². The van der Waals surface area contributed by atoms with Crippen LogP contribution in [0.3, 0.4) is 0 Å². The van der Waals surface area contributed by atoms with Gasteiger partial charge in [-0.15, -0.1) is 0 Å². The zero-order valence-electron chi connectivity index (χ0n) is 15.3. The van der Waals surface area contributed by atoms with Crippen molar-refractivity contribution in [2.45, 2.75) is 12.5 Å². The highest BCUT2D eigenvalue weighted by atomic mass is 16.6. The molecule has 7 heteroatoms. The highest BCUT2D eigenvalue weighted by Gasteiger charge is 2.32. The van der Waals surface area contributed by atoms with Gasteiger partial charge in [0.05, 0.1) is 33.7 Å². The van der Waals surface area contributed by atoms with Gasteiger partial charge in [0, 0.05) is 5.69 Å². The Morgan fingerprint density at radius 2 is 1.67 bits per heavy atom. The summed E-state index contributed by atoms with van der Waals surface area (Å²) in [5.41, 5.74) is 1.62. The molecule has 0 bridgehead atoms. The van der Waals surface area contributed by atoms with Crippen molar-refractivity contribution in [3.05, 3.63) is 54.1 Å². The molecule has 142 valence electrons. The Hall–Kier alpha value is -3.22. The molecule has 0 saturated carbocycles. The molecule has 1 aliphatic rings. The van der Waals surface area contributed by atoms with Gasteiger partial charge in [-0.2, -0.15) is 0 Å². The Kier molecular flexibility index (Phi) is 5.80. The highest BCUT2D eigenvalue weighted by molar-refractivity contribution is 5.90. The van der Waals surface area contributed by atoms with E-state index in [1.165, 1.54) is 0 Å². The van der Waals surface area contributed by atoms with Crippen molar-refractivity contribution >= 4 is 17.7 Å². The van der Waals surface area contributed by atoms with Gasteiger partial charge < -0.3 is 19.5 Å². The van der Waals surface area contributed by atoms with Gasteiger partial charge >= 0.3 is 6.09 Å². The summed E-state index contributed by atoms with van der Waals surface area (Å²) >= 11 is 0. The molecule has 1 N–H and O–H groups in total. The van der Waals surface area contributed by atoms with Crippen LogP contribution in [0, 0.1) is 0 Å². The van der Waals surface area contributed by atoms with Crippen LogP contribution in [0.5, 0.6) is 11.5 Å². The summed E-state index contributed by atoms with van der Waals surface area (Å²) in [5, 5.41) is 2.82. The lowest BCUT2D eigenvalue weighted by molar-refractivity contribution is -0.120. The summed E-state index contributed by atoms with van der Waals surface area (Å²) in [6.07, 6.45) is -0.554. The minimum atomic E-state index is -0.422. The van der Waals surface area contributed by atoms with E-state index in [4.69, 9.17) is 14.2 Å². The monoisotopic (exact) mass is 370 g/mol. The second-order valence-electron chi connectivity index (χ2n) is 6.14. The molecule has 0 aromatic heterocycles. The van der Waals surface area contributed by atoms with Crippen molar-refractivity contribution in [3.63, 3.8) is 0 Å². The lowest BCUT2D eigenvalue weighted by Crippen LogP contribution is -2.35. The molecule has 1 saturated heterocycles. The molecule has 1 unspecified atom stereocenters. The van der Waals surface area contributed by atoms with Crippen molar-refractivity contribution in [2.24, 2.45) is 0 Å². The van der Waals surface area contributed by atoms with E-state index >= 15 is 0 Å². The van der Waals surface area contributed by atoms with Gasteiger partial charge in [-0.1, -0.05) is 12.1 Å². The second kappa shape index (κ2) is 8.44. The van der Waals surface area contributed by atoms with Gasteiger partial charge in [0.15, 0.2) is 0 Å². The van der Waals surface area contributed by atoms with Crippen molar-refractivity contribution in [1.82, 2.24) is 5.32 Å². The molecule has 1 atom stereocenters. The summed E-state index contributed by atoms with van der Waals surface area (Å²) < 4.78 is 15.6. The Balaban J connectivity index is 1.49. The van der Waals surface area contributed by atoms with Crippen LogP contribution in [0.2, 0.25) is 0 Å². The third-order valence-corrected chi connectivity index (χ3v) is 4.31. The fourth-order valence-corrected chi connectivity index (χ4v) is 2.82. The first-order valence-electron chi connectivity index (χ1n) is 8.61. The van der Waals surface area contributed by atoms with Crippen LogP contribution >= 0.6 is 0 Å². The van der Waals surface area contributed by atoms with Crippen LogP contribution in [-0.2, 0) is 16.0 Å². The Labute approximate surface area is 157 Å². The first kappa shape index (κ1) is 18.6. The standard InChI is InChI=1S/C20H22N2O5/c1-25-16-7-3-14(4-8-16)11-19(23)21-12-18-13-22(20(24)27-18)15-5-9-17(26-2)10-6-15/h3-10,18H,11-13H2,1-2H3,(H,21,23). The molecule has 1 heterocycles. The van der Waals surface area contributed by atoms with Gasteiger partial charge in [-0.3, -0.25) is 9.69 Å². The molecular formula is C20H22N2O5. The number of hydrogen-bond acceptors (Lipinski definition) is 5. The maximum Gasteiger partial charge on any atom is 0.414 e. The number of nitrogens with zero attached hydrogens (tertiary/aromatic N) is 1. The smallest absolute Gasteiger partial charge is 0.414 e. The zero-order chi connectivity index (χ0) is 19.2. The summed E-state index contributed by atoms with van der Waals surface area (Å²) in [6.45, 7) is 0.654. The van der Waals surface area contributed by atoms with Gasteiger partial charge in [-0.25, -0.2) is 4.79 Å². The van der Waals surface area contributed by atoms with Crippen LogP contribution < -0.4 is 19.7 Å². The normalized spacial score (nSPS) is 16.0. The largest absolute Gasteiger partial charge is 0.497 e. The molecule has 0 aliphatic carbocycles. The van der Waals surface area contributed by atoms with Gasteiger partial charge in [-0.05, 0) is 42.0 Å². The highest BCUT2D eigenvalue weighted by Crippen LogP contribution is 2.24. The van der Waals surface area contributed by atoms with E-state index in [1.807, 2.05) is 24.3 Å². The molecule has 3 rings (SSSR count). The third kappa shape index (κ3) is 4.69. The molecule has 27 heavy (non-hydrogen) atoms. The molecule has 2 aromatic rings. The van der Waals surface area contributed by atoms with E-state index in [0.29, 0.717) is 12.3 Å². The number of amides is 2. The lowest BCUT2D eigenvalue weighted by atomic mass is 10.1. The van der Waals surface area contributed by atoms with Gasteiger partial charge in [0.1, 0.15) is 17.6 Å². The average Bonchev–Trinajstić information content (AvgIpc) is 3.07. The van der Waals surface area contributed by atoms with Crippen LogP contribution in [0.25, 0.3) is 0 Å².